The summed E-state index contributed by atoms with van der Waals surface area (Å²) in [5.41, 5.74) is 0.944. The third-order valence-corrected chi connectivity index (χ3v) is 8.84. The van der Waals surface area contributed by atoms with Crippen LogP contribution in [-0.2, 0) is 26.5 Å². The number of hydrogen-bond donors (Lipinski definition) is 0. The van der Waals surface area contributed by atoms with Crippen molar-refractivity contribution in [2.45, 2.75) is 30.1 Å². The van der Waals surface area contributed by atoms with Gasteiger partial charge in [0.05, 0.1) is 10.6 Å². The summed E-state index contributed by atoms with van der Waals surface area (Å²) in [5, 5.41) is 0.101. The SMILES string of the molecule is CCN(CC)S(=O)(=O)c1ccc2c(c1)CCN2S(=O)(=O)c1ccc(Cl)cc1F. The average molecular weight is 447 g/mol. The van der Waals surface area contributed by atoms with Gasteiger partial charge in [-0.3, -0.25) is 4.31 Å². The van der Waals surface area contributed by atoms with E-state index in [0.717, 1.165) is 16.4 Å². The largest absolute Gasteiger partial charge is 0.267 e. The van der Waals surface area contributed by atoms with Gasteiger partial charge >= 0.3 is 0 Å². The fourth-order valence-electron chi connectivity index (χ4n) is 3.27. The summed E-state index contributed by atoms with van der Waals surface area (Å²) in [4.78, 5) is -0.350. The van der Waals surface area contributed by atoms with Gasteiger partial charge in [0.25, 0.3) is 10.0 Å². The van der Waals surface area contributed by atoms with Crippen molar-refractivity contribution in [2.24, 2.45) is 0 Å². The second-order valence-corrected chi connectivity index (χ2v) is 10.5. The van der Waals surface area contributed by atoms with Crippen LogP contribution in [0, 0.1) is 5.82 Å². The average Bonchev–Trinajstić information content (AvgIpc) is 3.06. The number of hydrogen-bond acceptors (Lipinski definition) is 4. The standard InChI is InChI=1S/C18H20ClFN2O4S2/c1-3-21(4-2)27(23,24)15-6-7-17-13(11-15)9-10-22(17)28(25,26)18-8-5-14(19)12-16(18)20/h5-8,11-12H,3-4,9-10H2,1-2H3. The highest BCUT2D eigenvalue weighted by molar-refractivity contribution is 7.92. The normalized spacial score (nSPS) is 14.5. The Labute approximate surface area is 169 Å². The summed E-state index contributed by atoms with van der Waals surface area (Å²) in [6.07, 6.45) is 0.339. The smallest absolute Gasteiger partial charge is 0.266 e. The first-order valence-electron chi connectivity index (χ1n) is 8.73. The lowest BCUT2D eigenvalue weighted by atomic mass is 10.2. The van der Waals surface area contributed by atoms with E-state index in [1.165, 1.54) is 28.6 Å². The predicted octanol–water partition coefficient (Wildman–Crippen LogP) is 3.26. The lowest BCUT2D eigenvalue weighted by molar-refractivity contribution is 0.445. The highest BCUT2D eigenvalue weighted by Crippen LogP contribution is 2.35. The molecule has 3 rings (SSSR count). The maximum Gasteiger partial charge on any atom is 0.267 e. The fourth-order valence-corrected chi connectivity index (χ4v) is 6.49. The molecule has 0 unspecified atom stereocenters. The van der Waals surface area contributed by atoms with Crippen molar-refractivity contribution >= 4 is 37.3 Å². The molecule has 1 heterocycles. The summed E-state index contributed by atoms with van der Waals surface area (Å²) in [6.45, 7) is 4.29. The second-order valence-electron chi connectivity index (χ2n) is 6.28. The summed E-state index contributed by atoms with van der Waals surface area (Å²) in [7, 11) is -7.78. The molecular weight excluding hydrogens is 427 g/mol. The van der Waals surface area contributed by atoms with Crippen molar-refractivity contribution in [1.29, 1.82) is 0 Å². The topological polar surface area (TPSA) is 74.8 Å². The van der Waals surface area contributed by atoms with Crippen molar-refractivity contribution in [2.75, 3.05) is 23.9 Å². The highest BCUT2D eigenvalue weighted by atomic mass is 35.5. The highest BCUT2D eigenvalue weighted by Gasteiger charge is 2.34. The molecule has 0 bridgehead atoms. The minimum absolute atomic E-state index is 0.101. The van der Waals surface area contributed by atoms with Crippen LogP contribution in [0.15, 0.2) is 46.2 Å². The maximum atomic E-state index is 14.2. The molecule has 28 heavy (non-hydrogen) atoms. The third-order valence-electron chi connectivity index (χ3n) is 4.71. The van der Waals surface area contributed by atoms with Gasteiger partial charge in [-0.1, -0.05) is 25.4 Å². The van der Waals surface area contributed by atoms with Crippen LogP contribution in [0.4, 0.5) is 10.1 Å². The van der Waals surface area contributed by atoms with Gasteiger partial charge in [-0.15, -0.1) is 0 Å². The Bertz CT molecular complexity index is 1120. The van der Waals surface area contributed by atoms with Crippen LogP contribution in [0.2, 0.25) is 5.02 Å². The minimum Gasteiger partial charge on any atom is -0.266 e. The van der Waals surface area contributed by atoms with Crippen molar-refractivity contribution in [1.82, 2.24) is 4.31 Å². The molecular formula is C18H20ClFN2O4S2. The Morgan fingerprint density at radius 1 is 1.07 bits per heavy atom. The monoisotopic (exact) mass is 446 g/mol. The number of benzene rings is 2. The van der Waals surface area contributed by atoms with Crippen molar-refractivity contribution < 1.29 is 21.2 Å². The van der Waals surface area contributed by atoms with Crippen LogP contribution in [0.3, 0.4) is 0 Å². The molecule has 152 valence electrons. The second kappa shape index (κ2) is 7.62. The molecule has 0 radical (unpaired) electrons. The van der Waals surface area contributed by atoms with Gasteiger partial charge < -0.3 is 0 Å². The molecule has 0 aliphatic carbocycles. The van der Waals surface area contributed by atoms with Gasteiger partial charge in [0.1, 0.15) is 10.7 Å². The quantitative estimate of drug-likeness (QED) is 0.682. The van der Waals surface area contributed by atoms with Gasteiger partial charge in [0.15, 0.2) is 0 Å². The summed E-state index contributed by atoms with van der Waals surface area (Å²) >= 11 is 5.71. The van der Waals surface area contributed by atoms with Gasteiger partial charge in [0, 0.05) is 24.7 Å². The van der Waals surface area contributed by atoms with Crippen LogP contribution in [0.5, 0.6) is 0 Å². The van der Waals surface area contributed by atoms with Crippen LogP contribution in [0.25, 0.3) is 0 Å². The zero-order chi connectivity index (χ0) is 20.7. The summed E-state index contributed by atoms with van der Waals surface area (Å²) in [6, 6.07) is 7.74. The Hall–Kier alpha value is -1.68. The number of anilines is 1. The number of halogens is 2. The first-order valence-corrected chi connectivity index (χ1v) is 12.0. The van der Waals surface area contributed by atoms with E-state index in [-0.39, 0.29) is 16.5 Å². The molecule has 1 aliphatic rings. The van der Waals surface area contributed by atoms with E-state index in [4.69, 9.17) is 11.6 Å². The number of nitrogens with zero attached hydrogens (tertiary/aromatic N) is 2. The molecule has 0 amide bonds. The molecule has 0 saturated carbocycles. The van der Waals surface area contributed by atoms with Crippen molar-refractivity contribution in [3.63, 3.8) is 0 Å². The molecule has 1 aliphatic heterocycles. The first-order chi connectivity index (χ1) is 13.1. The number of rotatable bonds is 6. The van der Waals surface area contributed by atoms with Gasteiger partial charge in [0.2, 0.25) is 10.0 Å². The molecule has 0 aromatic heterocycles. The van der Waals surface area contributed by atoms with E-state index in [1.54, 1.807) is 13.8 Å². The molecule has 0 spiro atoms. The molecule has 0 atom stereocenters. The Balaban J connectivity index is 2.02. The zero-order valence-electron chi connectivity index (χ0n) is 15.4. The van der Waals surface area contributed by atoms with Gasteiger partial charge in [-0.25, -0.2) is 21.2 Å². The molecule has 0 fully saturated rings. The molecule has 2 aromatic rings. The van der Waals surface area contributed by atoms with Crippen LogP contribution >= 0.6 is 11.6 Å². The van der Waals surface area contributed by atoms with Crippen LogP contribution in [-0.4, -0.2) is 40.8 Å². The van der Waals surface area contributed by atoms with E-state index in [2.05, 4.69) is 0 Å². The zero-order valence-corrected chi connectivity index (χ0v) is 17.8. The molecule has 2 aromatic carbocycles. The van der Waals surface area contributed by atoms with Crippen molar-refractivity contribution in [3.05, 3.63) is 52.8 Å². The van der Waals surface area contributed by atoms with E-state index >= 15 is 0 Å². The van der Waals surface area contributed by atoms with E-state index in [0.29, 0.717) is 30.8 Å². The van der Waals surface area contributed by atoms with Crippen LogP contribution < -0.4 is 4.31 Å². The first kappa shape index (κ1) is 21.0. The van der Waals surface area contributed by atoms with Gasteiger partial charge in [-0.2, -0.15) is 4.31 Å². The Kier molecular flexibility index (Phi) is 5.73. The van der Waals surface area contributed by atoms with E-state index < -0.39 is 30.8 Å². The Morgan fingerprint density at radius 3 is 2.36 bits per heavy atom. The number of sulfonamides is 2. The minimum atomic E-state index is -4.13. The third kappa shape index (κ3) is 3.52. The molecule has 10 heteroatoms. The van der Waals surface area contributed by atoms with E-state index in [1.807, 2.05) is 0 Å². The summed E-state index contributed by atoms with van der Waals surface area (Å²) < 4.78 is 67.9. The molecule has 0 saturated heterocycles. The lowest BCUT2D eigenvalue weighted by Crippen LogP contribution is -2.31. The molecule has 0 N–H and O–H groups in total. The lowest BCUT2D eigenvalue weighted by Gasteiger charge is -2.21. The Morgan fingerprint density at radius 2 is 1.75 bits per heavy atom. The van der Waals surface area contributed by atoms with Crippen molar-refractivity contribution in [3.8, 4) is 0 Å². The van der Waals surface area contributed by atoms with Gasteiger partial charge in [-0.05, 0) is 48.4 Å². The van der Waals surface area contributed by atoms with Crippen LogP contribution in [0.1, 0.15) is 19.4 Å². The van der Waals surface area contributed by atoms with E-state index in [9.17, 15) is 21.2 Å². The maximum absolute atomic E-state index is 14.2. The fraction of sp³-hybridized carbons (Fsp3) is 0.333. The number of fused-ring (bicyclic) bond motifs is 1. The summed E-state index contributed by atoms with van der Waals surface area (Å²) in [5.74, 6) is -0.929. The molecule has 6 nitrogen and oxygen atoms in total. The predicted molar refractivity (Wildman–Crippen MR) is 106 cm³/mol.